The average Bonchev–Trinajstić information content (AvgIpc) is 3.82. The molecule has 3 aliphatic rings. The van der Waals surface area contributed by atoms with E-state index in [-0.39, 0.29) is 0 Å². The van der Waals surface area contributed by atoms with Crippen LogP contribution in [0.2, 0.25) is 0 Å². The standard InChI is InChI=1S/C49H30N2S/c1-5-17-39-33(13-1)34-14-2-6-18-40(34)49(39)41-19-7-3-15-35(41)37-29-30-38-36-16-4-8-20-42(36)51(48(38)47(37)49)32-27-25-31(26-28-32)50-43-21-9-11-23-45(43)52-46-24-12-10-22-44(46)50/h1-30H. The van der Waals surface area contributed by atoms with Crippen LogP contribution in [-0.4, -0.2) is 4.57 Å². The van der Waals surface area contributed by atoms with Crippen LogP contribution in [0.1, 0.15) is 22.3 Å². The van der Waals surface area contributed by atoms with E-state index in [1.54, 1.807) is 0 Å². The first-order chi connectivity index (χ1) is 25.8. The smallest absolute Gasteiger partial charge is 0.0746 e. The molecule has 52 heavy (non-hydrogen) atoms. The molecule has 3 heteroatoms. The lowest BCUT2D eigenvalue weighted by Crippen LogP contribution is -2.26. The predicted octanol–water partition coefficient (Wildman–Crippen LogP) is 13.1. The summed E-state index contributed by atoms with van der Waals surface area (Å²) in [6, 6.07) is 67.7. The van der Waals surface area contributed by atoms with Gasteiger partial charge in [0.05, 0.1) is 27.8 Å². The molecule has 1 aliphatic heterocycles. The van der Waals surface area contributed by atoms with Crippen LogP contribution in [0, 0.1) is 0 Å². The molecule has 0 radical (unpaired) electrons. The number of fused-ring (bicyclic) bond motifs is 16. The highest BCUT2D eigenvalue weighted by Gasteiger charge is 2.53. The van der Waals surface area contributed by atoms with Crippen LogP contribution in [0.5, 0.6) is 0 Å². The maximum absolute atomic E-state index is 2.54. The van der Waals surface area contributed by atoms with Crippen molar-refractivity contribution in [2.24, 2.45) is 0 Å². The normalized spacial score (nSPS) is 14.2. The highest BCUT2D eigenvalue weighted by molar-refractivity contribution is 7.99. The van der Waals surface area contributed by atoms with Crippen molar-refractivity contribution < 1.29 is 0 Å². The molecule has 2 heterocycles. The summed E-state index contributed by atoms with van der Waals surface area (Å²) >= 11 is 1.84. The molecule has 1 aromatic heterocycles. The van der Waals surface area contributed by atoms with Crippen molar-refractivity contribution >= 4 is 50.6 Å². The van der Waals surface area contributed by atoms with Gasteiger partial charge in [-0.25, -0.2) is 0 Å². The van der Waals surface area contributed by atoms with Crippen LogP contribution < -0.4 is 4.90 Å². The molecule has 0 bridgehead atoms. The third-order valence-electron chi connectivity index (χ3n) is 11.6. The molecular weight excluding hydrogens is 649 g/mol. The second-order valence-electron chi connectivity index (χ2n) is 14.0. The van der Waals surface area contributed by atoms with Crippen LogP contribution in [-0.2, 0) is 5.41 Å². The van der Waals surface area contributed by atoms with Crippen molar-refractivity contribution in [3.8, 4) is 27.9 Å². The minimum atomic E-state index is -0.441. The van der Waals surface area contributed by atoms with Crippen molar-refractivity contribution in [2.75, 3.05) is 4.90 Å². The van der Waals surface area contributed by atoms with Gasteiger partial charge in [0.2, 0.25) is 0 Å². The summed E-state index contributed by atoms with van der Waals surface area (Å²) in [5.74, 6) is 0. The molecule has 242 valence electrons. The fourth-order valence-corrected chi connectivity index (χ4v) is 10.7. The Bertz CT molecular complexity index is 2840. The van der Waals surface area contributed by atoms with Gasteiger partial charge >= 0.3 is 0 Å². The minimum absolute atomic E-state index is 0.441. The Kier molecular flexibility index (Phi) is 5.67. The van der Waals surface area contributed by atoms with E-state index in [1.165, 1.54) is 87.5 Å². The zero-order chi connectivity index (χ0) is 34.0. The second kappa shape index (κ2) is 10.4. The molecule has 0 saturated carbocycles. The Balaban J connectivity index is 1.16. The van der Waals surface area contributed by atoms with Crippen LogP contribution in [0.25, 0.3) is 49.7 Å². The lowest BCUT2D eigenvalue weighted by molar-refractivity contribution is 0.797. The fourth-order valence-electron chi connectivity index (χ4n) is 9.64. The Morgan fingerprint density at radius 2 is 0.885 bits per heavy atom. The molecule has 8 aromatic carbocycles. The third kappa shape index (κ3) is 3.51. The van der Waals surface area contributed by atoms with Crippen molar-refractivity contribution in [2.45, 2.75) is 15.2 Å². The number of para-hydroxylation sites is 3. The van der Waals surface area contributed by atoms with Gasteiger partial charge in [-0.15, -0.1) is 0 Å². The second-order valence-corrected chi connectivity index (χ2v) is 15.1. The number of rotatable bonds is 2. The van der Waals surface area contributed by atoms with E-state index in [0.29, 0.717) is 0 Å². The van der Waals surface area contributed by atoms with Gasteiger partial charge in [0.25, 0.3) is 0 Å². The van der Waals surface area contributed by atoms with E-state index in [9.17, 15) is 0 Å². The van der Waals surface area contributed by atoms with E-state index in [1.807, 2.05) is 11.8 Å². The summed E-state index contributed by atoms with van der Waals surface area (Å²) in [4.78, 5) is 4.95. The molecule has 1 spiro atoms. The zero-order valence-electron chi connectivity index (χ0n) is 28.1. The van der Waals surface area contributed by atoms with Gasteiger partial charge in [-0.1, -0.05) is 139 Å². The predicted molar refractivity (Wildman–Crippen MR) is 216 cm³/mol. The lowest BCUT2D eigenvalue weighted by atomic mass is 9.70. The van der Waals surface area contributed by atoms with E-state index in [4.69, 9.17) is 0 Å². The number of anilines is 3. The quantitative estimate of drug-likeness (QED) is 0.180. The van der Waals surface area contributed by atoms with E-state index >= 15 is 0 Å². The van der Waals surface area contributed by atoms with Gasteiger partial charge in [0.15, 0.2) is 0 Å². The van der Waals surface area contributed by atoms with Gasteiger partial charge in [-0.3, -0.25) is 0 Å². The Morgan fingerprint density at radius 1 is 0.385 bits per heavy atom. The molecule has 0 amide bonds. The molecule has 0 unspecified atom stereocenters. The molecule has 0 saturated heterocycles. The van der Waals surface area contributed by atoms with E-state index in [0.717, 1.165) is 11.4 Å². The topological polar surface area (TPSA) is 8.17 Å². The Labute approximate surface area is 306 Å². The summed E-state index contributed by atoms with van der Waals surface area (Å²) in [6.45, 7) is 0. The first-order valence-corrected chi connectivity index (χ1v) is 18.8. The number of hydrogen-bond acceptors (Lipinski definition) is 2. The SMILES string of the molecule is c1ccc2c(c1)Sc1ccccc1N2c1ccc(-n2c3ccccc3c3ccc4c(c32)C2(c3ccccc3-c3ccccc32)c2ccccc2-4)cc1. The van der Waals surface area contributed by atoms with Crippen LogP contribution in [0.3, 0.4) is 0 Å². The Hall–Kier alpha value is -6.29. The van der Waals surface area contributed by atoms with Crippen molar-refractivity contribution in [3.05, 3.63) is 204 Å². The highest BCUT2D eigenvalue weighted by atomic mass is 32.2. The van der Waals surface area contributed by atoms with Crippen LogP contribution >= 0.6 is 11.8 Å². The highest BCUT2D eigenvalue weighted by Crippen LogP contribution is 2.64. The van der Waals surface area contributed by atoms with Crippen LogP contribution in [0.15, 0.2) is 192 Å². The number of benzene rings is 8. The number of hydrogen-bond donors (Lipinski definition) is 0. The summed E-state index contributed by atoms with van der Waals surface area (Å²) in [6.07, 6.45) is 0. The molecule has 0 atom stereocenters. The van der Waals surface area contributed by atoms with Crippen molar-refractivity contribution in [3.63, 3.8) is 0 Å². The maximum atomic E-state index is 2.54. The number of aromatic nitrogens is 1. The largest absolute Gasteiger partial charge is 0.309 e. The summed E-state index contributed by atoms with van der Waals surface area (Å²) in [7, 11) is 0. The molecule has 0 fully saturated rings. The van der Waals surface area contributed by atoms with E-state index in [2.05, 4.69) is 191 Å². The molecule has 2 aliphatic carbocycles. The lowest BCUT2D eigenvalue weighted by Gasteiger charge is -2.33. The molecule has 9 aromatic rings. The van der Waals surface area contributed by atoms with Gasteiger partial charge in [-0.05, 0) is 93.5 Å². The minimum Gasteiger partial charge on any atom is -0.309 e. The third-order valence-corrected chi connectivity index (χ3v) is 12.7. The molecule has 0 N–H and O–H groups in total. The number of nitrogens with zero attached hydrogens (tertiary/aromatic N) is 2. The summed E-state index contributed by atoms with van der Waals surface area (Å²) < 4.78 is 2.54. The monoisotopic (exact) mass is 678 g/mol. The zero-order valence-corrected chi connectivity index (χ0v) is 28.9. The van der Waals surface area contributed by atoms with E-state index < -0.39 is 5.41 Å². The fraction of sp³-hybridized carbons (Fsp3) is 0.0204. The van der Waals surface area contributed by atoms with Crippen LogP contribution in [0.4, 0.5) is 17.1 Å². The van der Waals surface area contributed by atoms with Gasteiger partial charge in [-0.2, -0.15) is 0 Å². The average molecular weight is 679 g/mol. The summed E-state index contributed by atoms with van der Waals surface area (Å²) in [5.41, 5.74) is 17.5. The summed E-state index contributed by atoms with van der Waals surface area (Å²) in [5, 5.41) is 2.55. The molecule has 2 nitrogen and oxygen atoms in total. The van der Waals surface area contributed by atoms with Gasteiger partial charge < -0.3 is 9.47 Å². The van der Waals surface area contributed by atoms with Gasteiger partial charge in [0.1, 0.15) is 0 Å². The van der Waals surface area contributed by atoms with Gasteiger partial charge in [0, 0.05) is 37.5 Å². The molecular formula is C49H30N2S. The maximum Gasteiger partial charge on any atom is 0.0746 e. The first kappa shape index (κ1) is 28.4. The Morgan fingerprint density at radius 3 is 1.52 bits per heavy atom. The molecule has 12 rings (SSSR count). The van der Waals surface area contributed by atoms with Crippen molar-refractivity contribution in [1.82, 2.24) is 4.57 Å². The first-order valence-electron chi connectivity index (χ1n) is 17.9. The van der Waals surface area contributed by atoms with Crippen molar-refractivity contribution in [1.29, 1.82) is 0 Å².